The zero-order chi connectivity index (χ0) is 35.1. The molecule has 0 amide bonds. The van der Waals surface area contributed by atoms with Crippen LogP contribution in [-0.4, -0.2) is 0 Å². The van der Waals surface area contributed by atoms with Crippen molar-refractivity contribution in [2.45, 2.75) is 0 Å². The molecule has 248 valence electrons. The highest BCUT2D eigenvalue weighted by atomic mass is 15.4. The minimum Gasteiger partial charge on any atom is -0.195 e. The third-order valence-corrected chi connectivity index (χ3v) is 9.85. The first-order chi connectivity index (χ1) is 25.8. The van der Waals surface area contributed by atoms with E-state index in [4.69, 9.17) is 0 Å². The van der Waals surface area contributed by atoms with E-state index in [0.717, 1.165) is 45.3 Å². The summed E-state index contributed by atoms with van der Waals surface area (Å²) >= 11 is 0. The monoisotopic (exact) mass is 668 g/mol. The van der Waals surface area contributed by atoms with Crippen molar-refractivity contribution in [2.75, 3.05) is 0 Å². The van der Waals surface area contributed by atoms with Crippen molar-refractivity contribution in [3.63, 3.8) is 0 Å². The van der Waals surface area contributed by atoms with Gasteiger partial charge in [-0.25, -0.2) is 0 Å². The molecule has 0 saturated heterocycles. The van der Waals surface area contributed by atoms with Crippen molar-refractivity contribution in [3.05, 3.63) is 242 Å². The average molecular weight is 669 g/mol. The van der Waals surface area contributed by atoms with Crippen LogP contribution in [0.3, 0.4) is 0 Å². The Labute approximate surface area is 306 Å². The molecule has 8 aromatic rings. The summed E-state index contributed by atoms with van der Waals surface area (Å²) in [5, 5.41) is 2.35. The summed E-state index contributed by atoms with van der Waals surface area (Å²) in [6, 6.07) is 78.3. The number of hydrogen-bond donors (Lipinski definition) is 0. The van der Waals surface area contributed by atoms with Crippen LogP contribution in [0.4, 0.5) is 34.1 Å². The number of hydrogen-bond acceptors (Lipinski definition) is 0. The molecule has 0 aliphatic carbocycles. The lowest BCUT2D eigenvalue weighted by molar-refractivity contribution is 0.646. The van der Waals surface area contributed by atoms with Gasteiger partial charge in [-0.2, -0.15) is 8.97 Å². The van der Waals surface area contributed by atoms with Crippen LogP contribution >= 0.6 is 0 Å². The maximum atomic E-state index is 2.37. The largest absolute Gasteiger partial charge is 0.218 e. The van der Waals surface area contributed by atoms with E-state index in [2.05, 4.69) is 243 Å². The summed E-state index contributed by atoms with van der Waals surface area (Å²) in [7, 11) is 0. The molecule has 0 fully saturated rings. The van der Waals surface area contributed by atoms with Gasteiger partial charge in [0.2, 0.25) is 11.4 Å². The maximum absolute atomic E-state index is 2.37. The Morgan fingerprint density at radius 2 is 0.635 bits per heavy atom. The molecule has 2 heteroatoms. The zero-order valence-corrected chi connectivity index (χ0v) is 29.0. The fourth-order valence-corrected chi connectivity index (χ4v) is 7.41. The second kappa shape index (κ2) is 14.7. The first-order valence-corrected chi connectivity index (χ1v) is 17.8. The highest BCUT2D eigenvalue weighted by Gasteiger charge is 2.47. The molecule has 52 heavy (non-hydrogen) atoms. The molecule has 0 heterocycles. The van der Waals surface area contributed by atoms with E-state index in [1.807, 2.05) is 0 Å². The van der Waals surface area contributed by atoms with Crippen molar-refractivity contribution in [1.82, 2.24) is 8.97 Å². The number of rotatable bonds is 10. The first-order valence-electron chi connectivity index (χ1n) is 17.8. The summed E-state index contributed by atoms with van der Waals surface area (Å²) in [6.45, 7) is 0. The van der Waals surface area contributed by atoms with E-state index in [9.17, 15) is 0 Å². The smallest absolute Gasteiger partial charge is 0.195 e. The highest BCUT2D eigenvalue weighted by molar-refractivity contribution is 6.05. The Morgan fingerprint density at radius 1 is 0.288 bits per heavy atom. The summed E-state index contributed by atoms with van der Waals surface area (Å²) in [5.74, 6) is 0. The van der Waals surface area contributed by atoms with Gasteiger partial charge in [-0.05, 0) is 40.8 Å². The fraction of sp³-hybridized carbons (Fsp3) is 0. The van der Waals surface area contributed by atoms with Gasteiger partial charge < -0.3 is 0 Å². The summed E-state index contributed by atoms with van der Waals surface area (Å²) in [6.07, 6.45) is 9.26. The zero-order valence-electron chi connectivity index (χ0n) is 29.0. The van der Waals surface area contributed by atoms with Crippen LogP contribution in [0.1, 0.15) is 11.1 Å². The summed E-state index contributed by atoms with van der Waals surface area (Å²) in [5.41, 5.74) is 9.08. The molecule has 0 spiro atoms. The quantitative estimate of drug-likeness (QED) is 0.127. The lowest BCUT2D eigenvalue weighted by atomic mass is 9.98. The van der Waals surface area contributed by atoms with Gasteiger partial charge in [0.15, 0.2) is 0 Å². The lowest BCUT2D eigenvalue weighted by Gasteiger charge is -2.40. The summed E-state index contributed by atoms with van der Waals surface area (Å²) in [4.78, 5) is 0. The first kappa shape index (κ1) is 32.6. The molecule has 0 aromatic heterocycles. The molecule has 0 aliphatic rings. The Balaban J connectivity index is 1.59. The van der Waals surface area contributed by atoms with E-state index in [0.29, 0.717) is 8.97 Å². The van der Waals surface area contributed by atoms with E-state index in [1.165, 1.54) is 10.8 Å². The van der Waals surface area contributed by atoms with Crippen molar-refractivity contribution in [1.29, 1.82) is 0 Å². The van der Waals surface area contributed by atoms with Crippen LogP contribution in [0, 0.1) is 0 Å². The second-order valence-corrected chi connectivity index (χ2v) is 12.9. The van der Waals surface area contributed by atoms with Crippen molar-refractivity contribution < 1.29 is 0 Å². The van der Waals surface area contributed by atoms with Gasteiger partial charge in [0.25, 0.3) is 0 Å². The van der Waals surface area contributed by atoms with Crippen LogP contribution in [-0.2, 0) is 0 Å². The van der Waals surface area contributed by atoms with Crippen LogP contribution < -0.4 is 8.97 Å². The molecule has 0 aliphatic heterocycles. The fourth-order valence-electron chi connectivity index (χ4n) is 7.41. The molecule has 8 rings (SSSR count). The Hall–Kier alpha value is -6.58. The van der Waals surface area contributed by atoms with Gasteiger partial charge >= 0.3 is 0 Å². The summed E-state index contributed by atoms with van der Waals surface area (Å²) < 4.78 is 0.682. The van der Waals surface area contributed by atoms with Gasteiger partial charge in [-0.15, -0.1) is 0 Å². The van der Waals surface area contributed by atoms with Crippen molar-refractivity contribution in [3.8, 4) is 0 Å². The third-order valence-electron chi connectivity index (χ3n) is 9.85. The molecule has 0 N–H and O–H groups in total. The SMILES string of the molecule is C(=C[N+](c1ccccc1)(c1ccccc1)c1ccc2ccccc2c1[N+](C=Cc1ccccc1)(c1ccccc1)c1ccccc1)c1ccccc1. The molecule has 0 unspecified atom stereocenters. The number of fused-ring (bicyclic) bond motifs is 1. The molecular weight excluding hydrogens is 629 g/mol. The average Bonchev–Trinajstić information content (AvgIpc) is 3.24. The maximum Gasteiger partial charge on any atom is 0.218 e. The van der Waals surface area contributed by atoms with Gasteiger partial charge in [-0.3, -0.25) is 0 Å². The van der Waals surface area contributed by atoms with Gasteiger partial charge in [-0.1, -0.05) is 152 Å². The Bertz CT molecular complexity index is 2340. The van der Waals surface area contributed by atoms with E-state index >= 15 is 0 Å². The highest BCUT2D eigenvalue weighted by Crippen LogP contribution is 2.57. The molecule has 2 nitrogen and oxygen atoms in total. The Morgan fingerprint density at radius 3 is 1.08 bits per heavy atom. The predicted octanol–water partition coefficient (Wildman–Crippen LogP) is 14.1. The Kier molecular flexibility index (Phi) is 9.23. The minimum atomic E-state index is 0.339. The van der Waals surface area contributed by atoms with Crippen LogP contribution in [0.5, 0.6) is 0 Å². The number of nitrogens with zero attached hydrogens (tertiary/aromatic N) is 2. The van der Waals surface area contributed by atoms with Crippen LogP contribution in [0.2, 0.25) is 0 Å². The van der Waals surface area contributed by atoms with Crippen LogP contribution in [0.25, 0.3) is 22.9 Å². The van der Waals surface area contributed by atoms with Crippen LogP contribution in [0.15, 0.2) is 231 Å². The molecule has 8 aromatic carbocycles. The lowest BCUT2D eigenvalue weighted by Crippen LogP contribution is -2.39. The third kappa shape index (κ3) is 6.07. The number of benzene rings is 8. The van der Waals surface area contributed by atoms with Crippen molar-refractivity contribution in [2.24, 2.45) is 0 Å². The number of para-hydroxylation sites is 4. The molecule has 0 radical (unpaired) electrons. The molecule has 0 atom stereocenters. The number of quaternary nitrogens is 2. The normalized spacial score (nSPS) is 12.1. The van der Waals surface area contributed by atoms with Gasteiger partial charge in [0.05, 0.1) is 5.39 Å². The van der Waals surface area contributed by atoms with Crippen molar-refractivity contribution >= 4 is 57.0 Å². The van der Waals surface area contributed by atoms with E-state index < -0.39 is 0 Å². The molecule has 0 bridgehead atoms. The van der Waals surface area contributed by atoms with E-state index in [1.54, 1.807) is 0 Å². The predicted molar refractivity (Wildman–Crippen MR) is 223 cm³/mol. The van der Waals surface area contributed by atoms with E-state index in [-0.39, 0.29) is 0 Å². The van der Waals surface area contributed by atoms with Gasteiger partial charge in [0, 0.05) is 54.6 Å². The minimum absolute atomic E-state index is 0.339. The molecule has 0 saturated carbocycles. The topological polar surface area (TPSA) is 0 Å². The molecular formula is C50H40N2+2. The van der Waals surface area contributed by atoms with Gasteiger partial charge in [0.1, 0.15) is 35.1 Å². The second-order valence-electron chi connectivity index (χ2n) is 12.9. The standard InChI is InChI=1S/C50H40N2/c1-7-21-41(22-8-1)37-39-51(44-26-11-3-12-27-44,45-28-13-4-14-29-45)49-36-35-43-25-19-20-34-48(43)50(49)52(46-30-15-5-16-31-46,47-32-17-6-18-33-47)40-38-42-23-9-2-10-24-42/h1-40H/q+2.